The number of rotatable bonds is 5. The molecule has 0 spiro atoms. The van der Waals surface area contributed by atoms with Gasteiger partial charge in [0.1, 0.15) is 10.6 Å². The van der Waals surface area contributed by atoms with E-state index in [2.05, 4.69) is 17.4 Å². The van der Waals surface area contributed by atoms with E-state index in [1.54, 1.807) is 29.6 Å². The van der Waals surface area contributed by atoms with E-state index in [9.17, 15) is 14.7 Å². The number of halogens is 1. The summed E-state index contributed by atoms with van der Waals surface area (Å²) in [6.45, 7) is 0. The van der Waals surface area contributed by atoms with Crippen molar-refractivity contribution in [2.75, 3.05) is 5.32 Å². The van der Waals surface area contributed by atoms with Crippen LogP contribution in [0.15, 0.2) is 53.9 Å². The number of benzene rings is 2. The number of carbonyl (C=O) groups is 2. The summed E-state index contributed by atoms with van der Waals surface area (Å²) in [6.07, 6.45) is 2.28. The van der Waals surface area contributed by atoms with Gasteiger partial charge in [-0.15, -0.1) is 11.3 Å². The molecule has 0 saturated heterocycles. The number of anilines is 1. The molecule has 2 N–H and O–H groups in total. The zero-order chi connectivity index (χ0) is 19.7. The Morgan fingerprint density at radius 3 is 2.64 bits per heavy atom. The zero-order valence-corrected chi connectivity index (χ0v) is 16.5. The Labute approximate surface area is 171 Å². The third-order valence-corrected chi connectivity index (χ3v) is 6.25. The molecule has 4 rings (SSSR count). The quantitative estimate of drug-likeness (QED) is 0.555. The molecule has 1 heterocycles. The Bertz CT molecular complexity index is 1040. The minimum absolute atomic E-state index is 0.118. The number of nitrogens with one attached hydrogen (secondary N) is 1. The highest BCUT2D eigenvalue weighted by molar-refractivity contribution is 7.15. The number of carboxylic acid groups (broad SMARTS) is 1. The third-order valence-electron chi connectivity index (χ3n) is 5.10. The highest BCUT2D eigenvalue weighted by Gasteiger charge is 2.26. The van der Waals surface area contributed by atoms with Gasteiger partial charge in [-0.1, -0.05) is 48.0 Å². The van der Waals surface area contributed by atoms with Crippen molar-refractivity contribution in [3.05, 3.63) is 75.6 Å². The van der Waals surface area contributed by atoms with Gasteiger partial charge in [-0.05, 0) is 47.6 Å². The second kappa shape index (κ2) is 7.78. The molecule has 1 atom stereocenters. The molecule has 4 nitrogen and oxygen atoms in total. The van der Waals surface area contributed by atoms with Gasteiger partial charge in [0, 0.05) is 22.4 Å². The number of hydrogen-bond acceptors (Lipinski definition) is 3. The summed E-state index contributed by atoms with van der Waals surface area (Å²) < 4.78 is 0. The van der Waals surface area contributed by atoms with E-state index in [1.807, 2.05) is 12.1 Å². The van der Waals surface area contributed by atoms with Crippen LogP contribution in [0.25, 0.3) is 11.1 Å². The molecule has 1 aliphatic carbocycles. The number of aromatic carboxylic acids is 1. The lowest BCUT2D eigenvalue weighted by molar-refractivity contribution is -0.116. The lowest BCUT2D eigenvalue weighted by atomic mass is 9.97. The fourth-order valence-corrected chi connectivity index (χ4v) is 4.87. The fraction of sp³-hybridized carbons (Fsp3) is 0.182. The van der Waals surface area contributed by atoms with Gasteiger partial charge in [-0.25, -0.2) is 4.79 Å². The van der Waals surface area contributed by atoms with Crippen LogP contribution in [0.3, 0.4) is 0 Å². The number of hydrogen-bond donors (Lipinski definition) is 2. The van der Waals surface area contributed by atoms with Crippen molar-refractivity contribution < 1.29 is 14.7 Å². The lowest BCUT2D eigenvalue weighted by Crippen LogP contribution is -2.15. The van der Waals surface area contributed by atoms with Crippen molar-refractivity contribution >= 4 is 39.8 Å². The lowest BCUT2D eigenvalue weighted by Gasteiger charge is -2.12. The molecule has 0 saturated carbocycles. The SMILES string of the molecule is O=C(CC1CCc2ccccc21)Nc1scc(-c2ccc(Cl)cc2)c1C(=O)O. The van der Waals surface area contributed by atoms with E-state index >= 15 is 0 Å². The van der Waals surface area contributed by atoms with Crippen LogP contribution in [-0.2, 0) is 11.2 Å². The van der Waals surface area contributed by atoms with Crippen LogP contribution >= 0.6 is 22.9 Å². The van der Waals surface area contributed by atoms with Crippen LogP contribution in [0.5, 0.6) is 0 Å². The van der Waals surface area contributed by atoms with Gasteiger partial charge in [0.25, 0.3) is 0 Å². The molecule has 142 valence electrons. The number of amides is 1. The highest BCUT2D eigenvalue weighted by atomic mass is 35.5. The molecule has 0 bridgehead atoms. The Morgan fingerprint density at radius 1 is 1.14 bits per heavy atom. The van der Waals surface area contributed by atoms with E-state index in [4.69, 9.17) is 11.6 Å². The summed E-state index contributed by atoms with van der Waals surface area (Å²) in [6, 6.07) is 15.2. The van der Waals surface area contributed by atoms with Crippen LogP contribution in [0.2, 0.25) is 5.02 Å². The van der Waals surface area contributed by atoms with Crippen molar-refractivity contribution in [3.8, 4) is 11.1 Å². The summed E-state index contributed by atoms with van der Waals surface area (Å²) in [5, 5.41) is 15.2. The second-order valence-corrected chi connectivity index (χ2v) is 8.17. The van der Waals surface area contributed by atoms with Gasteiger partial charge in [0.15, 0.2) is 0 Å². The Hall–Kier alpha value is -2.63. The highest BCUT2D eigenvalue weighted by Crippen LogP contribution is 2.38. The van der Waals surface area contributed by atoms with E-state index in [0.29, 0.717) is 22.0 Å². The van der Waals surface area contributed by atoms with Crippen LogP contribution < -0.4 is 5.32 Å². The largest absolute Gasteiger partial charge is 0.478 e. The van der Waals surface area contributed by atoms with Gasteiger partial charge in [-0.3, -0.25) is 4.79 Å². The first kappa shape index (κ1) is 18.7. The molecular formula is C22H18ClNO3S. The monoisotopic (exact) mass is 411 g/mol. The average molecular weight is 412 g/mol. The summed E-state index contributed by atoms with van der Waals surface area (Å²) >= 11 is 7.15. The molecule has 3 aromatic rings. The van der Waals surface area contributed by atoms with Gasteiger partial charge >= 0.3 is 5.97 Å². The van der Waals surface area contributed by atoms with Gasteiger partial charge < -0.3 is 10.4 Å². The number of carbonyl (C=O) groups excluding carboxylic acids is 1. The molecule has 0 aliphatic heterocycles. The molecule has 6 heteroatoms. The maximum absolute atomic E-state index is 12.6. The van der Waals surface area contributed by atoms with Crippen molar-refractivity contribution in [1.82, 2.24) is 0 Å². The van der Waals surface area contributed by atoms with E-state index < -0.39 is 5.97 Å². The Balaban J connectivity index is 1.54. The third kappa shape index (κ3) is 3.68. The predicted octanol–water partition coefficient (Wildman–Crippen LogP) is 5.83. The minimum Gasteiger partial charge on any atom is -0.478 e. The normalized spacial score (nSPS) is 15.2. The van der Waals surface area contributed by atoms with Crippen molar-refractivity contribution in [1.29, 1.82) is 0 Å². The number of fused-ring (bicyclic) bond motifs is 1. The number of thiophene rings is 1. The molecule has 1 amide bonds. The van der Waals surface area contributed by atoms with Crippen LogP contribution in [0, 0.1) is 0 Å². The van der Waals surface area contributed by atoms with Crippen molar-refractivity contribution in [2.45, 2.75) is 25.2 Å². The summed E-state index contributed by atoms with van der Waals surface area (Å²) in [5.74, 6) is -1.04. The van der Waals surface area contributed by atoms with E-state index in [-0.39, 0.29) is 17.4 Å². The van der Waals surface area contributed by atoms with Crippen LogP contribution in [0.1, 0.15) is 40.2 Å². The first-order chi connectivity index (χ1) is 13.5. The van der Waals surface area contributed by atoms with Crippen molar-refractivity contribution in [2.24, 2.45) is 0 Å². The van der Waals surface area contributed by atoms with Crippen molar-refractivity contribution in [3.63, 3.8) is 0 Å². The topological polar surface area (TPSA) is 66.4 Å². The average Bonchev–Trinajstić information content (AvgIpc) is 3.27. The smallest absolute Gasteiger partial charge is 0.339 e. The molecular weight excluding hydrogens is 394 g/mol. The molecule has 0 fully saturated rings. The maximum Gasteiger partial charge on any atom is 0.339 e. The molecule has 1 aromatic heterocycles. The molecule has 1 unspecified atom stereocenters. The first-order valence-corrected chi connectivity index (χ1v) is 10.3. The Kier molecular flexibility index (Phi) is 5.20. The molecule has 28 heavy (non-hydrogen) atoms. The summed E-state index contributed by atoms with van der Waals surface area (Å²) in [7, 11) is 0. The molecule has 0 radical (unpaired) electrons. The fourth-order valence-electron chi connectivity index (χ4n) is 3.76. The Morgan fingerprint density at radius 2 is 1.89 bits per heavy atom. The minimum atomic E-state index is -1.06. The van der Waals surface area contributed by atoms with Gasteiger partial charge in [0.2, 0.25) is 5.91 Å². The van der Waals surface area contributed by atoms with E-state index in [1.165, 1.54) is 22.5 Å². The number of carboxylic acids is 1. The first-order valence-electron chi connectivity index (χ1n) is 9.01. The number of aryl methyl sites for hydroxylation is 1. The summed E-state index contributed by atoms with van der Waals surface area (Å²) in [5.41, 5.74) is 3.98. The predicted molar refractivity (Wildman–Crippen MR) is 112 cm³/mol. The van der Waals surface area contributed by atoms with E-state index in [0.717, 1.165) is 18.4 Å². The molecule has 1 aliphatic rings. The molecule has 2 aromatic carbocycles. The van der Waals surface area contributed by atoms with Crippen LogP contribution in [0.4, 0.5) is 5.00 Å². The summed E-state index contributed by atoms with van der Waals surface area (Å²) in [4.78, 5) is 24.5. The standard InChI is InChI=1S/C22H18ClNO3S/c23-16-9-7-14(8-10-16)18-12-28-21(20(18)22(26)27)24-19(25)11-15-6-5-13-3-1-2-4-17(13)15/h1-4,7-10,12,15H,5-6,11H2,(H,24,25)(H,26,27). The second-order valence-electron chi connectivity index (χ2n) is 6.85. The maximum atomic E-state index is 12.6. The van der Waals surface area contributed by atoms with Crippen LogP contribution in [-0.4, -0.2) is 17.0 Å². The zero-order valence-electron chi connectivity index (χ0n) is 14.9. The van der Waals surface area contributed by atoms with Gasteiger partial charge in [-0.2, -0.15) is 0 Å². The van der Waals surface area contributed by atoms with Gasteiger partial charge in [0.05, 0.1) is 0 Å².